The molecule has 1 heterocycles. The molecule has 128 valence electrons. The second-order valence-corrected chi connectivity index (χ2v) is 6.83. The highest BCUT2D eigenvalue weighted by molar-refractivity contribution is 7.98. The van der Waals surface area contributed by atoms with Gasteiger partial charge in [0.1, 0.15) is 5.75 Å². The summed E-state index contributed by atoms with van der Waals surface area (Å²) in [6.07, 6.45) is 4.63. The van der Waals surface area contributed by atoms with E-state index in [1.165, 1.54) is 4.90 Å². The summed E-state index contributed by atoms with van der Waals surface area (Å²) in [5, 5.41) is 3.36. The molecule has 0 radical (unpaired) electrons. The minimum atomic E-state index is -0.448. The molecule has 1 aliphatic rings. The molecule has 1 saturated heterocycles. The van der Waals surface area contributed by atoms with Gasteiger partial charge in [0.2, 0.25) is 0 Å². The first-order valence-corrected chi connectivity index (χ1v) is 9.70. The van der Waals surface area contributed by atoms with Gasteiger partial charge in [-0.3, -0.25) is 4.79 Å². The maximum atomic E-state index is 12.8. The summed E-state index contributed by atoms with van der Waals surface area (Å²) in [5.41, 5.74) is 0. The van der Waals surface area contributed by atoms with E-state index in [1.54, 1.807) is 11.8 Å². The molecule has 1 fully saturated rings. The Balaban J connectivity index is 1.99. The maximum Gasteiger partial charge on any atom is 0.263 e. The van der Waals surface area contributed by atoms with Crippen LogP contribution in [0, 0.1) is 0 Å². The Morgan fingerprint density at radius 2 is 2.00 bits per heavy atom. The minimum Gasteiger partial charge on any atom is -0.481 e. The fourth-order valence-corrected chi connectivity index (χ4v) is 3.38. The smallest absolute Gasteiger partial charge is 0.263 e. The van der Waals surface area contributed by atoms with Crippen LogP contribution in [-0.4, -0.2) is 48.8 Å². The zero-order chi connectivity index (χ0) is 16.7. The Morgan fingerprint density at radius 3 is 2.57 bits per heavy atom. The van der Waals surface area contributed by atoms with Gasteiger partial charge in [-0.2, -0.15) is 0 Å². The number of nitrogens with one attached hydrogen (secondary N) is 1. The number of thioether (sulfide) groups is 1. The molecule has 0 aliphatic carbocycles. The predicted molar refractivity (Wildman–Crippen MR) is 96.2 cm³/mol. The van der Waals surface area contributed by atoms with E-state index < -0.39 is 6.10 Å². The van der Waals surface area contributed by atoms with Gasteiger partial charge < -0.3 is 15.0 Å². The van der Waals surface area contributed by atoms with Gasteiger partial charge >= 0.3 is 0 Å². The molecule has 0 aromatic heterocycles. The van der Waals surface area contributed by atoms with Crippen molar-refractivity contribution in [3.8, 4) is 5.75 Å². The van der Waals surface area contributed by atoms with E-state index in [2.05, 4.69) is 12.2 Å². The van der Waals surface area contributed by atoms with E-state index in [4.69, 9.17) is 4.74 Å². The number of hydrogen-bond acceptors (Lipinski definition) is 4. The van der Waals surface area contributed by atoms with Gasteiger partial charge in [0.05, 0.1) is 0 Å². The molecule has 0 spiro atoms. The molecule has 1 N–H and O–H groups in total. The number of piperidine rings is 1. The lowest BCUT2D eigenvalue weighted by Gasteiger charge is -2.36. The van der Waals surface area contributed by atoms with Crippen molar-refractivity contribution in [1.82, 2.24) is 10.2 Å². The van der Waals surface area contributed by atoms with Crippen molar-refractivity contribution in [2.24, 2.45) is 0 Å². The van der Waals surface area contributed by atoms with Crippen molar-refractivity contribution in [3.63, 3.8) is 0 Å². The SMILES string of the molecule is CCCN(C(=O)C(C)Oc1ccc(SC)cc1)C1CCNCC1. The lowest BCUT2D eigenvalue weighted by Crippen LogP contribution is -2.50. The lowest BCUT2D eigenvalue weighted by atomic mass is 10.0. The van der Waals surface area contributed by atoms with Crippen molar-refractivity contribution in [2.75, 3.05) is 25.9 Å². The van der Waals surface area contributed by atoms with E-state index in [-0.39, 0.29) is 5.91 Å². The highest BCUT2D eigenvalue weighted by atomic mass is 32.2. The van der Waals surface area contributed by atoms with Gasteiger partial charge in [0.15, 0.2) is 6.10 Å². The molecule has 1 aliphatic heterocycles. The van der Waals surface area contributed by atoms with Crippen LogP contribution in [0.2, 0.25) is 0 Å². The third-order valence-electron chi connectivity index (χ3n) is 4.22. The molecule has 2 rings (SSSR count). The molecule has 1 unspecified atom stereocenters. The molecular formula is C18H28N2O2S. The summed E-state index contributed by atoms with van der Waals surface area (Å²) in [7, 11) is 0. The normalized spacial score (nSPS) is 16.8. The Hall–Kier alpha value is -1.20. The Kier molecular flexibility index (Phi) is 7.24. The third kappa shape index (κ3) is 5.15. The highest BCUT2D eigenvalue weighted by Crippen LogP contribution is 2.21. The fraction of sp³-hybridized carbons (Fsp3) is 0.611. The zero-order valence-corrected chi connectivity index (χ0v) is 15.2. The molecular weight excluding hydrogens is 308 g/mol. The summed E-state index contributed by atoms with van der Waals surface area (Å²) in [4.78, 5) is 16.1. The highest BCUT2D eigenvalue weighted by Gasteiger charge is 2.28. The van der Waals surface area contributed by atoms with Crippen LogP contribution >= 0.6 is 11.8 Å². The first kappa shape index (κ1) is 18.1. The number of benzene rings is 1. The van der Waals surface area contributed by atoms with Crippen molar-refractivity contribution >= 4 is 17.7 Å². The van der Waals surface area contributed by atoms with E-state index >= 15 is 0 Å². The fourth-order valence-electron chi connectivity index (χ4n) is 2.97. The molecule has 1 aromatic carbocycles. The Labute approximate surface area is 144 Å². The molecule has 23 heavy (non-hydrogen) atoms. The summed E-state index contributed by atoms with van der Waals surface area (Å²) >= 11 is 1.70. The van der Waals surface area contributed by atoms with Crippen LogP contribution in [0.5, 0.6) is 5.75 Å². The van der Waals surface area contributed by atoms with Crippen LogP contribution in [0.3, 0.4) is 0 Å². The molecule has 1 atom stereocenters. The molecule has 0 saturated carbocycles. The topological polar surface area (TPSA) is 41.6 Å². The van der Waals surface area contributed by atoms with E-state index in [0.717, 1.165) is 44.6 Å². The van der Waals surface area contributed by atoms with Crippen molar-refractivity contribution < 1.29 is 9.53 Å². The van der Waals surface area contributed by atoms with Gasteiger partial charge in [-0.1, -0.05) is 6.92 Å². The van der Waals surface area contributed by atoms with E-state index in [0.29, 0.717) is 6.04 Å². The van der Waals surface area contributed by atoms with Crippen LogP contribution in [0.4, 0.5) is 0 Å². The molecule has 1 amide bonds. The average molecular weight is 337 g/mol. The van der Waals surface area contributed by atoms with E-state index in [9.17, 15) is 4.79 Å². The monoisotopic (exact) mass is 336 g/mol. The second kappa shape index (κ2) is 9.18. The minimum absolute atomic E-state index is 0.104. The Bertz CT molecular complexity index is 486. The van der Waals surface area contributed by atoms with Crippen LogP contribution in [-0.2, 0) is 4.79 Å². The van der Waals surface area contributed by atoms with Gasteiger partial charge in [-0.15, -0.1) is 11.8 Å². The van der Waals surface area contributed by atoms with Crippen molar-refractivity contribution in [1.29, 1.82) is 0 Å². The van der Waals surface area contributed by atoms with Crippen molar-refractivity contribution in [2.45, 2.75) is 50.2 Å². The standard InChI is InChI=1S/C18H28N2O2S/c1-4-13-20(15-9-11-19-12-10-15)18(21)14(2)22-16-5-7-17(23-3)8-6-16/h5-8,14-15,19H,4,9-13H2,1-3H3. The lowest BCUT2D eigenvalue weighted by molar-refractivity contribution is -0.141. The molecule has 4 nitrogen and oxygen atoms in total. The number of hydrogen-bond donors (Lipinski definition) is 1. The first-order chi connectivity index (χ1) is 11.2. The van der Waals surface area contributed by atoms with Gasteiger partial charge in [-0.25, -0.2) is 0 Å². The quantitative estimate of drug-likeness (QED) is 0.777. The number of amides is 1. The van der Waals surface area contributed by atoms with Crippen molar-refractivity contribution in [3.05, 3.63) is 24.3 Å². The average Bonchev–Trinajstić information content (AvgIpc) is 2.60. The van der Waals surface area contributed by atoms with Crippen LogP contribution < -0.4 is 10.1 Å². The number of carbonyl (C=O) groups excluding carboxylic acids is 1. The molecule has 1 aromatic rings. The molecule has 0 bridgehead atoms. The first-order valence-electron chi connectivity index (χ1n) is 8.47. The number of nitrogens with zero attached hydrogens (tertiary/aromatic N) is 1. The van der Waals surface area contributed by atoms with Crippen LogP contribution in [0.1, 0.15) is 33.1 Å². The predicted octanol–water partition coefficient (Wildman–Crippen LogP) is 3.17. The summed E-state index contributed by atoms with van der Waals surface area (Å²) < 4.78 is 5.88. The largest absolute Gasteiger partial charge is 0.481 e. The number of ether oxygens (including phenoxy) is 1. The number of carbonyl (C=O) groups is 1. The second-order valence-electron chi connectivity index (χ2n) is 5.95. The van der Waals surface area contributed by atoms with Crippen LogP contribution in [0.15, 0.2) is 29.2 Å². The maximum absolute atomic E-state index is 12.8. The Morgan fingerprint density at radius 1 is 1.35 bits per heavy atom. The third-order valence-corrected chi connectivity index (χ3v) is 4.96. The summed E-state index contributed by atoms with van der Waals surface area (Å²) in [6.45, 7) is 6.76. The summed E-state index contributed by atoms with van der Waals surface area (Å²) in [5.74, 6) is 0.859. The van der Waals surface area contributed by atoms with Gasteiger partial charge in [-0.05, 0) is 69.8 Å². The summed E-state index contributed by atoms with van der Waals surface area (Å²) in [6, 6.07) is 8.25. The van der Waals surface area contributed by atoms with Gasteiger partial charge in [0, 0.05) is 17.5 Å². The van der Waals surface area contributed by atoms with Crippen LogP contribution in [0.25, 0.3) is 0 Å². The van der Waals surface area contributed by atoms with E-state index in [1.807, 2.05) is 42.3 Å². The zero-order valence-electron chi connectivity index (χ0n) is 14.4. The molecule has 5 heteroatoms. The van der Waals surface area contributed by atoms with Gasteiger partial charge in [0.25, 0.3) is 5.91 Å². The number of rotatable bonds is 7.